The van der Waals surface area contributed by atoms with Crippen LogP contribution in [0.25, 0.3) is 11.1 Å². The third kappa shape index (κ3) is 2.93. The molecule has 0 radical (unpaired) electrons. The van der Waals surface area contributed by atoms with E-state index in [0.29, 0.717) is 11.7 Å². The van der Waals surface area contributed by atoms with Gasteiger partial charge in [-0.1, -0.05) is 0 Å². The predicted octanol–water partition coefficient (Wildman–Crippen LogP) is 1.95. The van der Waals surface area contributed by atoms with Crippen LogP contribution in [0, 0.1) is 5.92 Å². The minimum absolute atomic E-state index is 0.537. The topological polar surface area (TPSA) is 66.0 Å². The fraction of sp³-hybridized carbons (Fsp3) is 0.429. The van der Waals surface area contributed by atoms with E-state index < -0.39 is 0 Å². The van der Waals surface area contributed by atoms with E-state index in [1.165, 1.54) is 0 Å². The summed E-state index contributed by atoms with van der Waals surface area (Å²) < 4.78 is 7.39. The first-order chi connectivity index (χ1) is 9.31. The van der Waals surface area contributed by atoms with Crippen molar-refractivity contribution < 1.29 is 4.74 Å². The van der Waals surface area contributed by atoms with Crippen molar-refractivity contribution in [2.45, 2.75) is 19.4 Å². The van der Waals surface area contributed by atoms with Crippen molar-refractivity contribution in [3.63, 3.8) is 0 Å². The Morgan fingerprint density at radius 2 is 2.16 bits per heavy atom. The molecule has 2 N–H and O–H groups in total. The lowest BCUT2D eigenvalue weighted by atomic mass is 10.0. The van der Waals surface area contributed by atoms with Gasteiger partial charge >= 0.3 is 0 Å². The van der Waals surface area contributed by atoms with Crippen LogP contribution < -0.4 is 5.73 Å². The van der Waals surface area contributed by atoms with Crippen molar-refractivity contribution in [2.75, 3.05) is 18.9 Å². The highest BCUT2D eigenvalue weighted by atomic mass is 16.5. The maximum atomic E-state index is 5.70. The zero-order valence-corrected chi connectivity index (χ0v) is 10.8. The number of rotatable bonds is 3. The summed E-state index contributed by atoms with van der Waals surface area (Å²) in [6.45, 7) is 2.71. The second kappa shape index (κ2) is 5.40. The summed E-state index contributed by atoms with van der Waals surface area (Å²) in [5, 5.41) is 4.43. The molecule has 0 aromatic carbocycles. The van der Waals surface area contributed by atoms with Crippen molar-refractivity contribution in [1.82, 2.24) is 14.8 Å². The molecule has 0 amide bonds. The zero-order chi connectivity index (χ0) is 13.1. The Morgan fingerprint density at radius 3 is 2.95 bits per heavy atom. The van der Waals surface area contributed by atoms with E-state index in [9.17, 15) is 0 Å². The third-order valence-corrected chi connectivity index (χ3v) is 3.53. The Kier molecular flexibility index (Phi) is 3.46. The summed E-state index contributed by atoms with van der Waals surface area (Å²) in [7, 11) is 0. The standard InChI is InChI=1S/C14H18N4O/c15-14-7-12(1-4-16-14)13-8-17-18(10-13)9-11-2-5-19-6-3-11/h1,4,7-8,10-11H,2-3,5-6,9H2,(H2,15,16). The van der Waals surface area contributed by atoms with Crippen LogP contribution in [0.3, 0.4) is 0 Å². The molecule has 3 heterocycles. The number of nitrogen functional groups attached to an aromatic ring is 1. The number of anilines is 1. The van der Waals surface area contributed by atoms with Crippen molar-refractivity contribution in [1.29, 1.82) is 0 Å². The number of pyridine rings is 1. The van der Waals surface area contributed by atoms with Crippen LogP contribution in [0.2, 0.25) is 0 Å². The minimum atomic E-state index is 0.537. The van der Waals surface area contributed by atoms with E-state index in [-0.39, 0.29) is 0 Å². The smallest absolute Gasteiger partial charge is 0.123 e. The van der Waals surface area contributed by atoms with Gasteiger partial charge in [0.05, 0.1) is 6.20 Å². The van der Waals surface area contributed by atoms with Gasteiger partial charge in [0.1, 0.15) is 5.82 Å². The first-order valence-corrected chi connectivity index (χ1v) is 6.63. The average Bonchev–Trinajstić information content (AvgIpc) is 2.88. The van der Waals surface area contributed by atoms with Gasteiger partial charge in [0.15, 0.2) is 0 Å². The second-order valence-corrected chi connectivity index (χ2v) is 4.98. The van der Waals surface area contributed by atoms with E-state index in [1.807, 2.05) is 23.0 Å². The van der Waals surface area contributed by atoms with Gasteiger partial charge in [-0.15, -0.1) is 0 Å². The van der Waals surface area contributed by atoms with E-state index >= 15 is 0 Å². The van der Waals surface area contributed by atoms with Gasteiger partial charge in [0, 0.05) is 37.7 Å². The minimum Gasteiger partial charge on any atom is -0.384 e. The number of aromatic nitrogens is 3. The average molecular weight is 258 g/mol. The van der Waals surface area contributed by atoms with Gasteiger partial charge in [-0.05, 0) is 36.5 Å². The molecule has 2 aromatic heterocycles. The van der Waals surface area contributed by atoms with Gasteiger partial charge < -0.3 is 10.5 Å². The number of nitrogens with two attached hydrogens (primary N) is 1. The van der Waals surface area contributed by atoms with Crippen LogP contribution in [0.1, 0.15) is 12.8 Å². The quantitative estimate of drug-likeness (QED) is 0.913. The van der Waals surface area contributed by atoms with Gasteiger partial charge in [-0.2, -0.15) is 5.10 Å². The van der Waals surface area contributed by atoms with Crippen molar-refractivity contribution in [3.05, 3.63) is 30.7 Å². The lowest BCUT2D eigenvalue weighted by Gasteiger charge is -2.21. The largest absolute Gasteiger partial charge is 0.384 e. The molecule has 1 fully saturated rings. The maximum Gasteiger partial charge on any atom is 0.123 e. The number of hydrogen-bond donors (Lipinski definition) is 1. The highest BCUT2D eigenvalue weighted by Crippen LogP contribution is 2.21. The summed E-state index contributed by atoms with van der Waals surface area (Å²) in [4.78, 5) is 4.00. The van der Waals surface area contributed by atoms with Crippen molar-refractivity contribution >= 4 is 5.82 Å². The second-order valence-electron chi connectivity index (χ2n) is 4.98. The molecular weight excluding hydrogens is 240 g/mol. The maximum absolute atomic E-state index is 5.70. The first-order valence-electron chi connectivity index (χ1n) is 6.63. The zero-order valence-electron chi connectivity index (χ0n) is 10.8. The summed E-state index contributed by atoms with van der Waals surface area (Å²) in [6, 6.07) is 3.82. The van der Waals surface area contributed by atoms with Gasteiger partial charge in [0.25, 0.3) is 0 Å². The van der Waals surface area contributed by atoms with Crippen LogP contribution in [0.15, 0.2) is 30.7 Å². The predicted molar refractivity (Wildman–Crippen MR) is 73.4 cm³/mol. The molecule has 1 saturated heterocycles. The number of ether oxygens (including phenoxy) is 1. The van der Waals surface area contributed by atoms with Gasteiger partial charge in [0.2, 0.25) is 0 Å². The molecule has 2 aromatic rings. The number of nitrogens with zero attached hydrogens (tertiary/aromatic N) is 3. The summed E-state index contributed by atoms with van der Waals surface area (Å²) in [5.74, 6) is 1.21. The van der Waals surface area contributed by atoms with E-state index in [2.05, 4.69) is 16.3 Å². The van der Waals surface area contributed by atoms with Crippen molar-refractivity contribution in [3.8, 4) is 11.1 Å². The Morgan fingerprint density at radius 1 is 1.32 bits per heavy atom. The van der Waals surface area contributed by atoms with Crippen LogP contribution in [-0.4, -0.2) is 28.0 Å². The van der Waals surface area contributed by atoms with Gasteiger partial charge in [-0.25, -0.2) is 4.98 Å². The van der Waals surface area contributed by atoms with E-state index in [0.717, 1.165) is 43.7 Å². The molecule has 0 spiro atoms. The summed E-state index contributed by atoms with van der Waals surface area (Å²) >= 11 is 0. The van der Waals surface area contributed by atoms with E-state index in [4.69, 9.17) is 10.5 Å². The molecule has 1 aliphatic heterocycles. The SMILES string of the molecule is Nc1cc(-c2cnn(CC3CCOCC3)c2)ccn1. The molecule has 3 rings (SSSR count). The van der Waals surface area contributed by atoms with Crippen LogP contribution in [-0.2, 0) is 11.3 Å². The summed E-state index contributed by atoms with van der Waals surface area (Å²) in [6.07, 6.45) is 7.92. The monoisotopic (exact) mass is 258 g/mol. The Labute approximate surface area is 112 Å². The number of hydrogen-bond acceptors (Lipinski definition) is 4. The molecule has 19 heavy (non-hydrogen) atoms. The Bertz CT molecular complexity index is 546. The molecule has 0 aliphatic carbocycles. The van der Waals surface area contributed by atoms with Crippen LogP contribution in [0.5, 0.6) is 0 Å². The fourth-order valence-electron chi connectivity index (χ4n) is 2.43. The Hall–Kier alpha value is -1.88. The lowest BCUT2D eigenvalue weighted by Crippen LogP contribution is -2.20. The highest BCUT2D eigenvalue weighted by Gasteiger charge is 2.14. The molecule has 5 heteroatoms. The lowest BCUT2D eigenvalue weighted by molar-refractivity contribution is 0.0601. The molecular formula is C14H18N4O. The highest BCUT2D eigenvalue weighted by molar-refractivity contribution is 5.64. The van der Waals surface area contributed by atoms with E-state index in [1.54, 1.807) is 6.20 Å². The Balaban J connectivity index is 1.72. The van der Waals surface area contributed by atoms with Crippen LogP contribution >= 0.6 is 0 Å². The molecule has 0 atom stereocenters. The van der Waals surface area contributed by atoms with Crippen molar-refractivity contribution in [2.24, 2.45) is 5.92 Å². The molecule has 0 bridgehead atoms. The van der Waals surface area contributed by atoms with Crippen LogP contribution in [0.4, 0.5) is 5.82 Å². The first kappa shape index (κ1) is 12.2. The molecule has 5 nitrogen and oxygen atoms in total. The third-order valence-electron chi connectivity index (χ3n) is 3.53. The normalized spacial score (nSPS) is 16.6. The molecule has 0 unspecified atom stereocenters. The molecule has 0 saturated carbocycles. The summed E-state index contributed by atoms with van der Waals surface area (Å²) in [5.41, 5.74) is 7.85. The molecule has 1 aliphatic rings. The fourth-order valence-corrected chi connectivity index (χ4v) is 2.43. The van der Waals surface area contributed by atoms with Gasteiger partial charge in [-0.3, -0.25) is 4.68 Å². The molecule has 100 valence electrons.